The summed E-state index contributed by atoms with van der Waals surface area (Å²) in [5, 5.41) is 0. The van der Waals surface area contributed by atoms with Crippen LogP contribution in [0.3, 0.4) is 0 Å². The molecule has 4 rings (SSSR count). The van der Waals surface area contributed by atoms with Crippen LogP contribution in [-0.2, 0) is 18.2 Å². The molecule has 0 bridgehead atoms. The maximum Gasteiger partial charge on any atom is 0.158 e. The highest BCUT2D eigenvalue weighted by molar-refractivity contribution is 5.50. The summed E-state index contributed by atoms with van der Waals surface area (Å²) in [6.07, 6.45) is 10.5. The van der Waals surface area contributed by atoms with Crippen molar-refractivity contribution in [2.24, 2.45) is 13.0 Å². The van der Waals surface area contributed by atoms with Gasteiger partial charge in [-0.05, 0) is 31.0 Å². The third-order valence-electron chi connectivity index (χ3n) is 4.89. The first-order chi connectivity index (χ1) is 11.7. The number of hydrogen-bond donors (Lipinski definition) is 0. The summed E-state index contributed by atoms with van der Waals surface area (Å²) in [7, 11) is 2.02. The monoisotopic (exact) mass is 323 g/mol. The minimum atomic E-state index is 0.283. The Hall–Kier alpha value is -2.47. The van der Waals surface area contributed by atoms with Gasteiger partial charge in [-0.15, -0.1) is 0 Å². The minimum Gasteiger partial charge on any atom is -0.379 e. The van der Waals surface area contributed by atoms with E-state index in [1.807, 2.05) is 38.8 Å². The van der Waals surface area contributed by atoms with Crippen molar-refractivity contribution in [2.75, 3.05) is 13.2 Å². The molecule has 3 aromatic heterocycles. The van der Waals surface area contributed by atoms with Crippen LogP contribution >= 0.6 is 0 Å². The second-order valence-electron chi connectivity index (χ2n) is 6.33. The topological polar surface area (TPSA) is 57.8 Å². The van der Waals surface area contributed by atoms with Gasteiger partial charge in [-0.25, -0.2) is 9.97 Å². The summed E-state index contributed by atoms with van der Waals surface area (Å²) in [6.45, 7) is 3.49. The molecule has 0 amide bonds. The highest BCUT2D eigenvalue weighted by atomic mass is 16.5. The maximum atomic E-state index is 5.81. The van der Waals surface area contributed by atoms with Crippen molar-refractivity contribution in [1.29, 1.82) is 0 Å². The number of ether oxygens (including phenoxy) is 1. The number of rotatable bonds is 4. The Bertz CT molecular complexity index is 823. The van der Waals surface area contributed by atoms with Gasteiger partial charge in [0.1, 0.15) is 11.5 Å². The minimum absolute atomic E-state index is 0.283. The summed E-state index contributed by atoms with van der Waals surface area (Å²) in [5.74, 6) is 2.36. The summed E-state index contributed by atoms with van der Waals surface area (Å²) in [4.78, 5) is 13.1. The molecular formula is C18H21N5O. The fraction of sp³-hybridized carbons (Fsp3) is 0.389. The lowest BCUT2D eigenvalue weighted by Crippen LogP contribution is -2.20. The van der Waals surface area contributed by atoms with Crippen molar-refractivity contribution >= 4 is 0 Å². The Morgan fingerprint density at radius 1 is 1.17 bits per heavy atom. The molecule has 0 N–H and O–H groups in total. The fourth-order valence-corrected chi connectivity index (χ4v) is 3.40. The van der Waals surface area contributed by atoms with Gasteiger partial charge in [0, 0.05) is 37.8 Å². The second-order valence-corrected chi connectivity index (χ2v) is 6.33. The molecule has 0 unspecified atom stereocenters. The number of imidazole rings is 2. The highest BCUT2D eigenvalue weighted by Gasteiger charge is 2.31. The van der Waals surface area contributed by atoms with Gasteiger partial charge < -0.3 is 13.9 Å². The average Bonchev–Trinajstić information content (AvgIpc) is 3.30. The number of pyridine rings is 1. The predicted octanol–water partition coefficient (Wildman–Crippen LogP) is 2.42. The van der Waals surface area contributed by atoms with E-state index in [0.29, 0.717) is 5.92 Å². The smallest absolute Gasteiger partial charge is 0.158 e. The molecule has 0 aromatic carbocycles. The quantitative estimate of drug-likeness (QED) is 0.740. The fourth-order valence-electron chi connectivity index (χ4n) is 3.40. The van der Waals surface area contributed by atoms with Crippen LogP contribution in [0.15, 0.2) is 43.1 Å². The van der Waals surface area contributed by atoms with Crippen LogP contribution in [0.4, 0.5) is 0 Å². The molecule has 1 saturated heterocycles. The third-order valence-corrected chi connectivity index (χ3v) is 4.89. The SMILES string of the molecule is Cc1ncc(-c2nccn2[C@@H]2COC[C@H]2Cc2ccncc2)n1C. The molecule has 0 saturated carbocycles. The molecule has 124 valence electrons. The van der Waals surface area contributed by atoms with Crippen LogP contribution in [0.1, 0.15) is 17.4 Å². The molecule has 6 nitrogen and oxygen atoms in total. The van der Waals surface area contributed by atoms with Crippen molar-refractivity contribution in [2.45, 2.75) is 19.4 Å². The highest BCUT2D eigenvalue weighted by Crippen LogP contribution is 2.32. The Morgan fingerprint density at radius 2 is 2.00 bits per heavy atom. The van der Waals surface area contributed by atoms with Gasteiger partial charge in [-0.2, -0.15) is 0 Å². The molecule has 6 heteroatoms. The molecule has 1 fully saturated rings. The van der Waals surface area contributed by atoms with Crippen LogP contribution in [0.5, 0.6) is 0 Å². The Labute approximate surface area is 141 Å². The van der Waals surface area contributed by atoms with E-state index in [1.54, 1.807) is 0 Å². The zero-order valence-electron chi connectivity index (χ0n) is 14.0. The van der Waals surface area contributed by atoms with E-state index in [9.17, 15) is 0 Å². The predicted molar refractivity (Wildman–Crippen MR) is 90.5 cm³/mol. The Balaban J connectivity index is 1.64. The standard InChI is InChI=1S/C18H21N5O/c1-13-21-10-16(22(13)2)18-20-7-8-23(18)17-12-24-11-15(17)9-14-3-5-19-6-4-14/h3-8,10,15,17H,9,11-12H2,1-2H3/t15-,17-/m1/s1. The zero-order valence-corrected chi connectivity index (χ0v) is 14.0. The third kappa shape index (κ3) is 2.63. The summed E-state index contributed by atoms with van der Waals surface area (Å²) in [5.41, 5.74) is 2.33. The number of hydrogen-bond acceptors (Lipinski definition) is 4. The summed E-state index contributed by atoms with van der Waals surface area (Å²) in [6, 6.07) is 4.44. The second kappa shape index (κ2) is 6.20. The summed E-state index contributed by atoms with van der Waals surface area (Å²) < 4.78 is 10.1. The van der Waals surface area contributed by atoms with Crippen molar-refractivity contribution in [3.05, 3.63) is 54.5 Å². The summed E-state index contributed by atoms with van der Waals surface area (Å²) >= 11 is 0. The Morgan fingerprint density at radius 3 is 2.75 bits per heavy atom. The largest absolute Gasteiger partial charge is 0.379 e. The lowest BCUT2D eigenvalue weighted by molar-refractivity contribution is 0.181. The molecule has 0 radical (unpaired) electrons. The van der Waals surface area contributed by atoms with Gasteiger partial charge in [0.25, 0.3) is 0 Å². The molecule has 0 spiro atoms. The molecule has 4 heterocycles. The van der Waals surface area contributed by atoms with Gasteiger partial charge in [0.15, 0.2) is 5.82 Å². The van der Waals surface area contributed by atoms with Crippen LogP contribution in [0, 0.1) is 12.8 Å². The van der Waals surface area contributed by atoms with E-state index < -0.39 is 0 Å². The van der Waals surface area contributed by atoms with Crippen molar-refractivity contribution in [1.82, 2.24) is 24.1 Å². The van der Waals surface area contributed by atoms with Gasteiger partial charge >= 0.3 is 0 Å². The molecule has 3 aromatic rings. The van der Waals surface area contributed by atoms with Gasteiger partial charge in [-0.3, -0.25) is 4.98 Å². The van der Waals surface area contributed by atoms with Gasteiger partial charge in [-0.1, -0.05) is 0 Å². The van der Waals surface area contributed by atoms with Crippen molar-refractivity contribution < 1.29 is 4.74 Å². The van der Waals surface area contributed by atoms with E-state index in [0.717, 1.165) is 37.0 Å². The number of aryl methyl sites for hydroxylation is 1. The Kier molecular flexibility index (Phi) is 3.90. The van der Waals surface area contributed by atoms with E-state index >= 15 is 0 Å². The number of aromatic nitrogens is 5. The molecule has 2 atom stereocenters. The first-order valence-corrected chi connectivity index (χ1v) is 8.22. The number of nitrogens with zero attached hydrogens (tertiary/aromatic N) is 5. The van der Waals surface area contributed by atoms with Crippen molar-refractivity contribution in [3.63, 3.8) is 0 Å². The zero-order chi connectivity index (χ0) is 16.5. The first-order valence-electron chi connectivity index (χ1n) is 8.22. The molecule has 1 aliphatic heterocycles. The van der Waals surface area contributed by atoms with Crippen molar-refractivity contribution in [3.8, 4) is 11.5 Å². The molecule has 1 aliphatic rings. The van der Waals surface area contributed by atoms with E-state index in [-0.39, 0.29) is 6.04 Å². The van der Waals surface area contributed by atoms with Crippen LogP contribution in [-0.4, -0.2) is 37.3 Å². The van der Waals surface area contributed by atoms with E-state index in [2.05, 4.69) is 42.4 Å². The van der Waals surface area contributed by atoms with Crippen LogP contribution in [0.2, 0.25) is 0 Å². The molecular weight excluding hydrogens is 302 g/mol. The van der Waals surface area contributed by atoms with E-state index in [1.165, 1.54) is 5.56 Å². The van der Waals surface area contributed by atoms with E-state index in [4.69, 9.17) is 4.74 Å². The molecule has 0 aliphatic carbocycles. The van der Waals surface area contributed by atoms with Gasteiger partial charge in [0.2, 0.25) is 0 Å². The normalized spacial score (nSPS) is 20.6. The maximum absolute atomic E-state index is 5.81. The lowest BCUT2D eigenvalue weighted by Gasteiger charge is -2.21. The van der Waals surface area contributed by atoms with Crippen LogP contribution in [0.25, 0.3) is 11.5 Å². The first kappa shape index (κ1) is 15.1. The molecule has 24 heavy (non-hydrogen) atoms. The lowest BCUT2D eigenvalue weighted by atomic mass is 9.95. The average molecular weight is 323 g/mol. The van der Waals surface area contributed by atoms with Gasteiger partial charge in [0.05, 0.1) is 25.5 Å². The van der Waals surface area contributed by atoms with Crippen LogP contribution < -0.4 is 0 Å².